The minimum absolute atomic E-state index is 0.554. The van der Waals surface area contributed by atoms with Crippen molar-refractivity contribution in [2.24, 2.45) is 0 Å². The first-order valence-corrected chi connectivity index (χ1v) is 7.40. The highest BCUT2D eigenvalue weighted by molar-refractivity contribution is 9.10. The van der Waals surface area contributed by atoms with Crippen LogP contribution in [0, 0.1) is 0 Å². The van der Waals surface area contributed by atoms with Crippen LogP contribution in [0.25, 0.3) is 0 Å². The lowest BCUT2D eigenvalue weighted by Crippen LogP contribution is -2.27. The summed E-state index contributed by atoms with van der Waals surface area (Å²) in [4.78, 5) is 1.40. The summed E-state index contributed by atoms with van der Waals surface area (Å²) in [6, 6.07) is 7.14. The Morgan fingerprint density at radius 1 is 1.40 bits per heavy atom. The van der Waals surface area contributed by atoms with Gasteiger partial charge in [0, 0.05) is 15.4 Å². The molecule has 1 fully saturated rings. The molecule has 0 aromatic heterocycles. The Bertz CT molecular complexity index is 334. The van der Waals surface area contributed by atoms with Gasteiger partial charge in [-0.25, -0.2) is 0 Å². The van der Waals surface area contributed by atoms with Gasteiger partial charge in [-0.3, -0.25) is 0 Å². The Morgan fingerprint density at radius 2 is 2.27 bits per heavy atom. The molecule has 82 valence electrons. The van der Waals surface area contributed by atoms with E-state index in [1.165, 1.54) is 34.2 Å². The summed E-state index contributed by atoms with van der Waals surface area (Å²) in [6.07, 6.45) is 6.08. The molecule has 2 rings (SSSR count). The fourth-order valence-corrected chi connectivity index (χ4v) is 3.11. The third-order valence-electron chi connectivity index (χ3n) is 2.88. The highest BCUT2D eigenvalue weighted by atomic mass is 79.9. The Balaban J connectivity index is 2.27. The van der Waals surface area contributed by atoms with Crippen molar-refractivity contribution in [3.05, 3.63) is 28.2 Å². The molecule has 3 heteroatoms. The van der Waals surface area contributed by atoms with E-state index in [2.05, 4.69) is 45.7 Å². The first-order chi connectivity index (χ1) is 7.31. The second-order valence-electron chi connectivity index (χ2n) is 3.89. The number of thioether (sulfide) groups is 1. The van der Waals surface area contributed by atoms with Crippen molar-refractivity contribution in [2.75, 3.05) is 12.8 Å². The Kier molecular flexibility index (Phi) is 4.12. The zero-order chi connectivity index (χ0) is 10.7. The van der Waals surface area contributed by atoms with Gasteiger partial charge in [-0.15, -0.1) is 11.8 Å². The molecular formula is C12H16BrNS. The number of piperidine rings is 1. The Labute approximate surface area is 104 Å². The van der Waals surface area contributed by atoms with Crippen LogP contribution in [0.2, 0.25) is 0 Å². The molecule has 1 heterocycles. The Hall–Kier alpha value is 0.01000. The molecule has 0 spiro atoms. The molecule has 1 saturated heterocycles. The third kappa shape index (κ3) is 2.77. The van der Waals surface area contributed by atoms with E-state index in [9.17, 15) is 0 Å². The van der Waals surface area contributed by atoms with Gasteiger partial charge >= 0.3 is 0 Å². The van der Waals surface area contributed by atoms with Crippen molar-refractivity contribution in [1.82, 2.24) is 5.32 Å². The van der Waals surface area contributed by atoms with Crippen LogP contribution < -0.4 is 5.32 Å². The highest BCUT2D eigenvalue weighted by Gasteiger charge is 2.17. The summed E-state index contributed by atoms with van der Waals surface area (Å²) in [5.74, 6) is 0. The molecule has 1 atom stereocenters. The molecule has 1 aromatic carbocycles. The topological polar surface area (TPSA) is 12.0 Å². The summed E-state index contributed by atoms with van der Waals surface area (Å²) in [5.41, 5.74) is 1.46. The van der Waals surface area contributed by atoms with E-state index in [0.717, 1.165) is 6.54 Å². The van der Waals surface area contributed by atoms with Crippen molar-refractivity contribution in [2.45, 2.75) is 30.2 Å². The van der Waals surface area contributed by atoms with Crippen LogP contribution in [0.5, 0.6) is 0 Å². The van der Waals surface area contributed by atoms with E-state index in [4.69, 9.17) is 0 Å². The molecule has 1 N–H and O–H groups in total. The molecule has 0 aliphatic carbocycles. The molecule has 0 radical (unpaired) electrons. The van der Waals surface area contributed by atoms with Crippen LogP contribution in [0.3, 0.4) is 0 Å². The van der Waals surface area contributed by atoms with E-state index < -0.39 is 0 Å². The molecule has 0 bridgehead atoms. The van der Waals surface area contributed by atoms with Crippen LogP contribution >= 0.6 is 27.7 Å². The van der Waals surface area contributed by atoms with E-state index in [1.54, 1.807) is 0 Å². The van der Waals surface area contributed by atoms with Crippen molar-refractivity contribution in [1.29, 1.82) is 0 Å². The molecule has 0 amide bonds. The van der Waals surface area contributed by atoms with Gasteiger partial charge < -0.3 is 5.32 Å². The minimum atomic E-state index is 0.554. The van der Waals surface area contributed by atoms with E-state index >= 15 is 0 Å². The van der Waals surface area contributed by atoms with Crippen LogP contribution in [0.1, 0.15) is 30.9 Å². The SMILES string of the molecule is CSc1ccc(Br)cc1C1CCCCN1. The van der Waals surface area contributed by atoms with E-state index in [1.807, 2.05) is 11.8 Å². The molecular weight excluding hydrogens is 270 g/mol. The van der Waals surface area contributed by atoms with Crippen LogP contribution in [-0.2, 0) is 0 Å². The molecule has 1 unspecified atom stereocenters. The number of hydrogen-bond acceptors (Lipinski definition) is 2. The number of nitrogens with one attached hydrogen (secondary N) is 1. The molecule has 1 nitrogen and oxygen atoms in total. The van der Waals surface area contributed by atoms with Crippen molar-refractivity contribution in [3.63, 3.8) is 0 Å². The van der Waals surface area contributed by atoms with Crippen molar-refractivity contribution in [3.8, 4) is 0 Å². The molecule has 1 aromatic rings. The van der Waals surface area contributed by atoms with Gasteiger partial charge in [0.25, 0.3) is 0 Å². The van der Waals surface area contributed by atoms with Crippen molar-refractivity contribution >= 4 is 27.7 Å². The maximum absolute atomic E-state index is 3.60. The first kappa shape index (κ1) is 11.5. The predicted molar refractivity (Wildman–Crippen MR) is 70.5 cm³/mol. The fraction of sp³-hybridized carbons (Fsp3) is 0.500. The monoisotopic (exact) mass is 285 g/mol. The maximum Gasteiger partial charge on any atom is 0.0331 e. The van der Waals surface area contributed by atoms with Gasteiger partial charge in [0.2, 0.25) is 0 Å². The largest absolute Gasteiger partial charge is 0.310 e. The number of halogens is 1. The first-order valence-electron chi connectivity index (χ1n) is 5.38. The standard InChI is InChI=1S/C12H16BrNS/c1-15-12-6-5-9(13)8-10(12)11-4-2-3-7-14-11/h5-6,8,11,14H,2-4,7H2,1H3. The lowest BCUT2D eigenvalue weighted by molar-refractivity contribution is 0.408. The maximum atomic E-state index is 3.60. The summed E-state index contributed by atoms with van der Waals surface area (Å²) < 4.78 is 1.18. The molecule has 1 aliphatic heterocycles. The van der Waals surface area contributed by atoms with Crippen molar-refractivity contribution < 1.29 is 0 Å². The summed E-state index contributed by atoms with van der Waals surface area (Å²) in [5, 5.41) is 3.60. The second-order valence-corrected chi connectivity index (χ2v) is 5.65. The number of benzene rings is 1. The zero-order valence-electron chi connectivity index (χ0n) is 8.92. The molecule has 1 aliphatic rings. The average Bonchev–Trinajstić information content (AvgIpc) is 2.30. The highest BCUT2D eigenvalue weighted by Crippen LogP contribution is 2.32. The van der Waals surface area contributed by atoms with Gasteiger partial charge in [0.1, 0.15) is 0 Å². The van der Waals surface area contributed by atoms with Gasteiger partial charge in [0.05, 0.1) is 0 Å². The summed E-state index contributed by atoms with van der Waals surface area (Å²) in [7, 11) is 0. The predicted octanol–water partition coefficient (Wildman–Crippen LogP) is 3.99. The third-order valence-corrected chi connectivity index (χ3v) is 4.18. The van der Waals surface area contributed by atoms with E-state index in [0.29, 0.717) is 6.04 Å². The Morgan fingerprint density at radius 3 is 2.93 bits per heavy atom. The quantitative estimate of drug-likeness (QED) is 0.825. The van der Waals surface area contributed by atoms with Crippen LogP contribution in [0.15, 0.2) is 27.6 Å². The zero-order valence-corrected chi connectivity index (χ0v) is 11.3. The molecule has 0 saturated carbocycles. The second kappa shape index (κ2) is 5.37. The van der Waals surface area contributed by atoms with Gasteiger partial charge in [-0.1, -0.05) is 22.4 Å². The molecule has 15 heavy (non-hydrogen) atoms. The minimum Gasteiger partial charge on any atom is -0.310 e. The smallest absolute Gasteiger partial charge is 0.0331 e. The van der Waals surface area contributed by atoms with Gasteiger partial charge in [0.15, 0.2) is 0 Å². The summed E-state index contributed by atoms with van der Waals surface area (Å²) >= 11 is 5.39. The van der Waals surface area contributed by atoms with E-state index in [-0.39, 0.29) is 0 Å². The lowest BCUT2D eigenvalue weighted by Gasteiger charge is -2.25. The lowest BCUT2D eigenvalue weighted by atomic mass is 9.97. The summed E-state index contributed by atoms with van der Waals surface area (Å²) in [6.45, 7) is 1.16. The van der Waals surface area contributed by atoms with Gasteiger partial charge in [-0.05, 0) is 49.4 Å². The van der Waals surface area contributed by atoms with Gasteiger partial charge in [-0.2, -0.15) is 0 Å². The fourth-order valence-electron chi connectivity index (χ4n) is 2.09. The average molecular weight is 286 g/mol. The van der Waals surface area contributed by atoms with Crippen LogP contribution in [0.4, 0.5) is 0 Å². The van der Waals surface area contributed by atoms with Crippen LogP contribution in [-0.4, -0.2) is 12.8 Å². The number of hydrogen-bond donors (Lipinski definition) is 1. The normalized spacial score (nSPS) is 21.6. The number of rotatable bonds is 2.